The Morgan fingerprint density at radius 3 is 2.46 bits per heavy atom. The molecule has 0 unspecified atom stereocenters. The van der Waals surface area contributed by atoms with Gasteiger partial charge in [0.2, 0.25) is 5.54 Å². The molecule has 0 aliphatic carbocycles. The van der Waals surface area contributed by atoms with Crippen molar-refractivity contribution in [1.82, 2.24) is 15.2 Å². The van der Waals surface area contributed by atoms with E-state index in [4.69, 9.17) is 5.73 Å². The topological polar surface area (TPSA) is 102 Å². The van der Waals surface area contributed by atoms with E-state index in [1.165, 1.54) is 0 Å². The summed E-state index contributed by atoms with van der Waals surface area (Å²) in [6.07, 6.45) is 4.95. The average molecular weight is 527 g/mol. The lowest BCUT2D eigenvalue weighted by Crippen LogP contribution is -2.85. The molecular formula is C32H40N5O2+. The minimum atomic E-state index is -0.912. The third-order valence-electron chi connectivity index (χ3n) is 7.26. The molecule has 2 amide bonds. The van der Waals surface area contributed by atoms with E-state index < -0.39 is 5.54 Å². The Morgan fingerprint density at radius 1 is 1.08 bits per heavy atom. The van der Waals surface area contributed by atoms with E-state index in [0.717, 1.165) is 28.7 Å². The zero-order valence-electron chi connectivity index (χ0n) is 23.6. The highest BCUT2D eigenvalue weighted by Gasteiger charge is 2.53. The second kappa shape index (κ2) is 11.4. The smallest absolute Gasteiger partial charge is 0.348 e. The van der Waals surface area contributed by atoms with Crippen LogP contribution >= 0.6 is 0 Å². The SMILES string of the molecule is CC(C)CC[C@]1(c2ccccc2)[NH+]=C(N)N(Cc2ccc(C(C)(C)C)c(C(=O)NCc3cccnc3)c2)C1=O. The monoisotopic (exact) mass is 526 g/mol. The molecule has 7 nitrogen and oxygen atoms in total. The summed E-state index contributed by atoms with van der Waals surface area (Å²) < 4.78 is 0. The fourth-order valence-electron chi connectivity index (χ4n) is 5.07. The zero-order chi connectivity index (χ0) is 28.2. The Kier molecular flexibility index (Phi) is 8.19. The van der Waals surface area contributed by atoms with Crippen LogP contribution in [0.1, 0.15) is 80.1 Å². The normalized spacial score (nSPS) is 17.4. The molecule has 2 heterocycles. The minimum Gasteiger partial charge on any atom is -0.348 e. The highest BCUT2D eigenvalue weighted by molar-refractivity contribution is 6.02. The zero-order valence-corrected chi connectivity index (χ0v) is 23.6. The molecule has 7 heteroatoms. The fraction of sp³-hybridized carbons (Fsp3) is 0.375. The number of nitrogens with one attached hydrogen (secondary N) is 2. The van der Waals surface area contributed by atoms with E-state index in [2.05, 4.69) is 49.9 Å². The fourth-order valence-corrected chi connectivity index (χ4v) is 5.07. The van der Waals surface area contributed by atoms with Gasteiger partial charge in [-0.05, 0) is 53.0 Å². The van der Waals surface area contributed by atoms with Gasteiger partial charge in [-0.3, -0.25) is 25.3 Å². The van der Waals surface area contributed by atoms with E-state index in [-0.39, 0.29) is 23.8 Å². The highest BCUT2D eigenvalue weighted by atomic mass is 16.2. The van der Waals surface area contributed by atoms with Crippen molar-refractivity contribution in [3.63, 3.8) is 0 Å². The van der Waals surface area contributed by atoms with E-state index in [0.29, 0.717) is 30.4 Å². The van der Waals surface area contributed by atoms with Crippen molar-refractivity contribution >= 4 is 17.8 Å². The summed E-state index contributed by atoms with van der Waals surface area (Å²) in [5.41, 5.74) is 9.51. The molecule has 0 fully saturated rings. The summed E-state index contributed by atoms with van der Waals surface area (Å²) in [4.78, 5) is 36.5. The number of carbonyl (C=O) groups is 2. The van der Waals surface area contributed by atoms with Crippen LogP contribution in [-0.2, 0) is 28.8 Å². The molecule has 4 N–H and O–H groups in total. The number of nitrogens with zero attached hydrogens (tertiary/aromatic N) is 2. The highest BCUT2D eigenvalue weighted by Crippen LogP contribution is 2.31. The number of hydrogen-bond acceptors (Lipinski definition) is 4. The van der Waals surface area contributed by atoms with Crippen molar-refractivity contribution in [2.75, 3.05) is 0 Å². The Bertz CT molecular complexity index is 1350. The summed E-state index contributed by atoms with van der Waals surface area (Å²) in [6.45, 7) is 11.2. The molecule has 0 spiro atoms. The van der Waals surface area contributed by atoms with Gasteiger partial charge in [0, 0.05) is 30.1 Å². The number of hydrogen-bond donors (Lipinski definition) is 3. The maximum absolute atomic E-state index is 14.0. The molecule has 1 atom stereocenters. The van der Waals surface area contributed by atoms with Crippen molar-refractivity contribution in [1.29, 1.82) is 0 Å². The van der Waals surface area contributed by atoms with Crippen molar-refractivity contribution in [2.45, 2.75) is 71.5 Å². The number of guanidine groups is 1. The first-order valence-corrected chi connectivity index (χ1v) is 13.6. The molecule has 4 rings (SSSR count). The van der Waals surface area contributed by atoms with Crippen molar-refractivity contribution in [2.24, 2.45) is 11.7 Å². The van der Waals surface area contributed by atoms with Crippen LogP contribution < -0.4 is 16.0 Å². The predicted octanol–water partition coefficient (Wildman–Crippen LogP) is 3.38. The van der Waals surface area contributed by atoms with Gasteiger partial charge in [-0.2, -0.15) is 4.90 Å². The Morgan fingerprint density at radius 2 is 1.82 bits per heavy atom. The summed E-state index contributed by atoms with van der Waals surface area (Å²) in [5, 5.41) is 3.03. The van der Waals surface area contributed by atoms with E-state index in [1.807, 2.05) is 60.7 Å². The molecule has 2 aromatic carbocycles. The summed E-state index contributed by atoms with van der Waals surface area (Å²) in [5.74, 6) is 0.529. The van der Waals surface area contributed by atoms with Gasteiger partial charge in [0.1, 0.15) is 6.54 Å². The van der Waals surface area contributed by atoms with Crippen molar-refractivity contribution in [3.05, 3.63) is 101 Å². The molecule has 204 valence electrons. The maximum Gasteiger partial charge on any atom is 0.352 e. The number of benzene rings is 2. The number of rotatable bonds is 9. The maximum atomic E-state index is 14.0. The van der Waals surface area contributed by atoms with Crippen molar-refractivity contribution in [3.8, 4) is 0 Å². The van der Waals surface area contributed by atoms with E-state index >= 15 is 0 Å². The molecular weight excluding hydrogens is 486 g/mol. The van der Waals surface area contributed by atoms with Crippen LogP contribution in [0.25, 0.3) is 0 Å². The molecule has 0 bridgehead atoms. The Labute approximate surface area is 231 Å². The molecule has 0 saturated heterocycles. The largest absolute Gasteiger partial charge is 0.352 e. The van der Waals surface area contributed by atoms with E-state index in [9.17, 15) is 9.59 Å². The third-order valence-corrected chi connectivity index (χ3v) is 7.26. The minimum absolute atomic E-state index is 0.0747. The van der Waals surface area contributed by atoms with Gasteiger partial charge in [-0.25, -0.2) is 0 Å². The van der Waals surface area contributed by atoms with Gasteiger partial charge in [0.05, 0.1) is 0 Å². The lowest BCUT2D eigenvalue weighted by atomic mass is 9.82. The van der Waals surface area contributed by atoms with Crippen LogP contribution in [0.3, 0.4) is 0 Å². The third kappa shape index (κ3) is 6.19. The van der Waals surface area contributed by atoms with Gasteiger partial charge in [-0.1, -0.05) is 83.1 Å². The molecule has 39 heavy (non-hydrogen) atoms. The van der Waals surface area contributed by atoms with Gasteiger partial charge in [-0.15, -0.1) is 0 Å². The molecule has 1 aromatic heterocycles. The number of aromatic nitrogens is 1. The quantitative estimate of drug-likeness (QED) is 0.398. The number of carbonyl (C=O) groups excluding carboxylic acids is 2. The first-order valence-electron chi connectivity index (χ1n) is 13.6. The molecule has 0 radical (unpaired) electrons. The Balaban J connectivity index is 1.62. The lowest BCUT2D eigenvalue weighted by Gasteiger charge is -2.25. The van der Waals surface area contributed by atoms with Gasteiger partial charge in [0.25, 0.3) is 5.91 Å². The standard InChI is InChI=1S/C32H39N5O2/c1-22(2)15-16-32(25-11-7-6-8-12-25)29(39)37(30(33)36-32)21-23-13-14-27(31(3,4)5)26(18-23)28(38)35-20-24-10-9-17-34-19-24/h6-14,17-19,22H,15-16,20-21H2,1-5H3,(H2,33,36)(H,35,38)/p+1/t32-/m1/s1. The van der Waals surface area contributed by atoms with Crippen LogP contribution in [-0.4, -0.2) is 27.7 Å². The predicted molar refractivity (Wildman–Crippen MR) is 153 cm³/mol. The average Bonchev–Trinajstić information content (AvgIpc) is 3.16. The van der Waals surface area contributed by atoms with Crippen LogP contribution in [0, 0.1) is 5.92 Å². The van der Waals surface area contributed by atoms with E-state index in [1.54, 1.807) is 17.3 Å². The molecule has 1 aliphatic heterocycles. The van der Waals surface area contributed by atoms with Crippen LogP contribution in [0.15, 0.2) is 73.1 Å². The summed E-state index contributed by atoms with van der Waals surface area (Å²) in [7, 11) is 0. The van der Waals surface area contributed by atoms with Gasteiger partial charge in [0.15, 0.2) is 0 Å². The molecule has 0 saturated carbocycles. The molecule has 1 aliphatic rings. The second-order valence-electron chi connectivity index (χ2n) is 11.8. The van der Waals surface area contributed by atoms with Crippen LogP contribution in [0.2, 0.25) is 0 Å². The molecule has 3 aromatic rings. The number of pyridine rings is 1. The summed E-state index contributed by atoms with van der Waals surface area (Å²) >= 11 is 0. The number of nitrogens with two attached hydrogens (primary N) is 1. The van der Waals surface area contributed by atoms with Crippen LogP contribution in [0.5, 0.6) is 0 Å². The lowest BCUT2D eigenvalue weighted by molar-refractivity contribution is -0.540. The number of amides is 2. The Hall–Kier alpha value is -4.00. The van der Waals surface area contributed by atoms with Gasteiger partial charge < -0.3 is 5.32 Å². The van der Waals surface area contributed by atoms with Crippen molar-refractivity contribution < 1.29 is 14.6 Å². The summed E-state index contributed by atoms with van der Waals surface area (Å²) in [6, 6.07) is 19.4. The first-order chi connectivity index (χ1) is 18.5. The first kappa shape index (κ1) is 28.0. The second-order valence-corrected chi connectivity index (χ2v) is 11.8. The van der Waals surface area contributed by atoms with Gasteiger partial charge >= 0.3 is 11.9 Å². The van der Waals surface area contributed by atoms with Crippen LogP contribution in [0.4, 0.5) is 0 Å².